The fraction of sp³-hybridized carbons (Fsp3) is 0.375. The molecular weight excluding hydrogens is 364 g/mol. The Morgan fingerprint density at radius 3 is 2.72 bits per heavy atom. The first-order valence-corrected chi connectivity index (χ1v) is 9.11. The molecule has 3 rings (SSSR count). The number of aromatic nitrogens is 3. The highest BCUT2D eigenvalue weighted by atomic mass is 35.5. The SMILES string of the molecule is Cc1nnc2n1CC(C(=O)O)N(C(=O)CCSc1ccc(Cl)cc1)C2. The number of carbonyl (C=O) groups is 2. The van der Waals surface area contributed by atoms with Gasteiger partial charge < -0.3 is 14.6 Å². The van der Waals surface area contributed by atoms with Gasteiger partial charge in [0.2, 0.25) is 5.91 Å². The maximum absolute atomic E-state index is 12.5. The lowest BCUT2D eigenvalue weighted by atomic mass is 10.1. The number of hydrogen-bond donors (Lipinski definition) is 1. The molecule has 0 spiro atoms. The van der Waals surface area contributed by atoms with Crippen LogP contribution in [0.5, 0.6) is 0 Å². The summed E-state index contributed by atoms with van der Waals surface area (Å²) in [6, 6.07) is 6.49. The number of fused-ring (bicyclic) bond motifs is 1. The van der Waals surface area contributed by atoms with E-state index in [1.165, 1.54) is 16.7 Å². The Morgan fingerprint density at radius 1 is 1.32 bits per heavy atom. The number of thioether (sulfide) groups is 1. The van der Waals surface area contributed by atoms with Crippen LogP contribution in [0.3, 0.4) is 0 Å². The first-order valence-electron chi connectivity index (χ1n) is 7.75. The van der Waals surface area contributed by atoms with Crippen LogP contribution < -0.4 is 0 Å². The van der Waals surface area contributed by atoms with Crippen LogP contribution >= 0.6 is 23.4 Å². The Kier molecular flexibility index (Phi) is 5.29. The number of benzene rings is 1. The van der Waals surface area contributed by atoms with Gasteiger partial charge in [0.1, 0.15) is 11.9 Å². The quantitative estimate of drug-likeness (QED) is 0.800. The second kappa shape index (κ2) is 7.45. The average molecular weight is 381 g/mol. The van der Waals surface area contributed by atoms with Crippen LogP contribution in [0, 0.1) is 6.92 Å². The van der Waals surface area contributed by atoms with Gasteiger partial charge in [-0.25, -0.2) is 4.79 Å². The predicted molar refractivity (Wildman–Crippen MR) is 93.5 cm³/mol. The van der Waals surface area contributed by atoms with Crippen LogP contribution in [-0.2, 0) is 22.7 Å². The summed E-state index contributed by atoms with van der Waals surface area (Å²) in [7, 11) is 0. The Labute approximate surface area is 154 Å². The maximum Gasteiger partial charge on any atom is 0.328 e. The first-order chi connectivity index (χ1) is 12.0. The Morgan fingerprint density at radius 2 is 2.04 bits per heavy atom. The molecule has 7 nitrogen and oxygen atoms in total. The summed E-state index contributed by atoms with van der Waals surface area (Å²) in [5, 5.41) is 18.1. The van der Waals surface area contributed by atoms with Gasteiger partial charge in [-0.3, -0.25) is 4.79 Å². The minimum absolute atomic E-state index is 0.169. The van der Waals surface area contributed by atoms with E-state index in [1.807, 2.05) is 12.1 Å². The third kappa shape index (κ3) is 3.96. The molecule has 1 unspecified atom stereocenters. The lowest BCUT2D eigenvalue weighted by Crippen LogP contribution is -2.50. The van der Waals surface area contributed by atoms with Gasteiger partial charge in [0.25, 0.3) is 0 Å². The van der Waals surface area contributed by atoms with Crippen molar-refractivity contribution in [3.63, 3.8) is 0 Å². The highest BCUT2D eigenvalue weighted by Gasteiger charge is 2.35. The summed E-state index contributed by atoms with van der Waals surface area (Å²) in [4.78, 5) is 26.5. The van der Waals surface area contributed by atoms with E-state index in [0.717, 1.165) is 4.90 Å². The van der Waals surface area contributed by atoms with E-state index in [9.17, 15) is 14.7 Å². The molecule has 0 bridgehead atoms. The molecule has 1 atom stereocenters. The number of aryl methyl sites for hydroxylation is 1. The van der Waals surface area contributed by atoms with Gasteiger partial charge in [-0.2, -0.15) is 0 Å². The molecule has 0 radical (unpaired) electrons. The highest BCUT2D eigenvalue weighted by Crippen LogP contribution is 2.23. The molecule has 1 N–H and O–H groups in total. The summed E-state index contributed by atoms with van der Waals surface area (Å²) in [6.45, 7) is 2.12. The number of nitrogens with zero attached hydrogens (tertiary/aromatic N) is 4. The van der Waals surface area contributed by atoms with Crippen molar-refractivity contribution < 1.29 is 14.7 Å². The van der Waals surface area contributed by atoms with Crippen molar-refractivity contribution in [1.29, 1.82) is 0 Å². The molecule has 2 aromatic rings. The zero-order valence-electron chi connectivity index (χ0n) is 13.6. The van der Waals surface area contributed by atoms with E-state index in [1.54, 1.807) is 23.6 Å². The monoisotopic (exact) mass is 380 g/mol. The van der Waals surface area contributed by atoms with Crippen molar-refractivity contribution in [1.82, 2.24) is 19.7 Å². The molecule has 25 heavy (non-hydrogen) atoms. The molecule has 0 fully saturated rings. The van der Waals surface area contributed by atoms with Gasteiger partial charge in [0.05, 0.1) is 13.1 Å². The molecule has 1 aliphatic rings. The van der Waals surface area contributed by atoms with E-state index < -0.39 is 12.0 Å². The summed E-state index contributed by atoms with van der Waals surface area (Å²) >= 11 is 7.38. The zero-order valence-corrected chi connectivity index (χ0v) is 15.1. The molecule has 132 valence electrons. The number of hydrogen-bond acceptors (Lipinski definition) is 5. The summed E-state index contributed by atoms with van der Waals surface area (Å²) < 4.78 is 1.75. The molecule has 0 saturated heterocycles. The number of carbonyl (C=O) groups excluding carboxylic acids is 1. The van der Waals surface area contributed by atoms with Gasteiger partial charge in [-0.15, -0.1) is 22.0 Å². The molecule has 1 aromatic heterocycles. The lowest BCUT2D eigenvalue weighted by molar-refractivity contribution is -0.152. The van der Waals surface area contributed by atoms with Crippen LogP contribution in [0.4, 0.5) is 0 Å². The van der Waals surface area contributed by atoms with Crippen molar-refractivity contribution >= 4 is 35.2 Å². The second-order valence-corrected chi connectivity index (χ2v) is 7.31. The van der Waals surface area contributed by atoms with E-state index in [0.29, 0.717) is 22.4 Å². The Bertz CT molecular complexity index is 793. The standard InChI is InChI=1S/C16H17ClN4O3S/c1-10-18-19-14-9-21(13(16(23)24)8-20(10)14)15(22)6-7-25-12-4-2-11(17)3-5-12/h2-5,13H,6-9H2,1H3,(H,23,24). The summed E-state index contributed by atoms with van der Waals surface area (Å²) in [6.07, 6.45) is 0.254. The van der Waals surface area contributed by atoms with Crippen molar-refractivity contribution in [2.75, 3.05) is 5.75 Å². The molecule has 0 saturated carbocycles. The van der Waals surface area contributed by atoms with Crippen LogP contribution in [0.25, 0.3) is 0 Å². The van der Waals surface area contributed by atoms with E-state index in [-0.39, 0.29) is 25.4 Å². The average Bonchev–Trinajstić information content (AvgIpc) is 2.96. The number of amides is 1. The number of carboxylic acid groups (broad SMARTS) is 1. The van der Waals surface area contributed by atoms with Gasteiger partial charge >= 0.3 is 5.97 Å². The van der Waals surface area contributed by atoms with Gasteiger partial charge in [-0.1, -0.05) is 11.6 Å². The molecular formula is C16H17ClN4O3S. The highest BCUT2D eigenvalue weighted by molar-refractivity contribution is 7.99. The lowest BCUT2D eigenvalue weighted by Gasteiger charge is -2.33. The van der Waals surface area contributed by atoms with Crippen LogP contribution in [-0.4, -0.2) is 48.4 Å². The first kappa shape index (κ1) is 17.8. The minimum Gasteiger partial charge on any atom is -0.480 e. The number of rotatable bonds is 5. The van der Waals surface area contributed by atoms with Crippen molar-refractivity contribution in [2.45, 2.75) is 37.4 Å². The number of halogens is 1. The fourth-order valence-corrected chi connectivity index (χ4v) is 3.68. The van der Waals surface area contributed by atoms with Gasteiger partial charge in [-0.05, 0) is 31.2 Å². The summed E-state index contributed by atoms with van der Waals surface area (Å²) in [5.41, 5.74) is 0. The van der Waals surface area contributed by atoms with Crippen molar-refractivity contribution in [3.05, 3.63) is 40.9 Å². The predicted octanol–water partition coefficient (Wildman–Crippen LogP) is 2.22. The Balaban J connectivity index is 1.63. The van der Waals surface area contributed by atoms with E-state index in [4.69, 9.17) is 11.6 Å². The molecule has 2 heterocycles. The third-order valence-electron chi connectivity index (χ3n) is 4.06. The van der Waals surface area contributed by atoms with E-state index in [2.05, 4.69) is 10.2 Å². The zero-order chi connectivity index (χ0) is 18.0. The second-order valence-electron chi connectivity index (χ2n) is 5.70. The van der Waals surface area contributed by atoms with Gasteiger partial charge in [0.15, 0.2) is 5.82 Å². The number of carboxylic acids is 1. The third-order valence-corrected chi connectivity index (χ3v) is 5.33. The normalized spacial score (nSPS) is 16.6. The van der Waals surface area contributed by atoms with Crippen LogP contribution in [0.15, 0.2) is 29.2 Å². The molecule has 9 heteroatoms. The van der Waals surface area contributed by atoms with Crippen molar-refractivity contribution in [3.8, 4) is 0 Å². The van der Waals surface area contributed by atoms with E-state index >= 15 is 0 Å². The topological polar surface area (TPSA) is 88.3 Å². The van der Waals surface area contributed by atoms with Crippen molar-refractivity contribution in [2.24, 2.45) is 0 Å². The molecule has 1 aromatic carbocycles. The summed E-state index contributed by atoms with van der Waals surface area (Å²) in [5.74, 6) is 0.633. The Hall–Kier alpha value is -2.06. The minimum atomic E-state index is -1.02. The van der Waals surface area contributed by atoms with Crippen LogP contribution in [0.2, 0.25) is 5.02 Å². The maximum atomic E-state index is 12.5. The van der Waals surface area contributed by atoms with Gasteiger partial charge in [0, 0.05) is 22.1 Å². The molecule has 0 aliphatic carbocycles. The smallest absolute Gasteiger partial charge is 0.328 e. The fourth-order valence-electron chi connectivity index (χ4n) is 2.72. The molecule has 1 aliphatic heterocycles. The number of aliphatic carboxylic acids is 1. The molecule has 1 amide bonds. The van der Waals surface area contributed by atoms with Crippen LogP contribution in [0.1, 0.15) is 18.1 Å². The largest absolute Gasteiger partial charge is 0.480 e.